The minimum atomic E-state index is -0.680. The van der Waals surface area contributed by atoms with Crippen LogP contribution >= 0.6 is 0 Å². The highest BCUT2D eigenvalue weighted by molar-refractivity contribution is 5.91. The van der Waals surface area contributed by atoms with Crippen molar-refractivity contribution in [2.45, 2.75) is 0 Å². The van der Waals surface area contributed by atoms with Crippen LogP contribution in [0.5, 0.6) is 0 Å². The van der Waals surface area contributed by atoms with E-state index in [0.29, 0.717) is 0 Å². The fourth-order valence-corrected chi connectivity index (χ4v) is 0.778. The largest absolute Gasteiger partial charge is 0.458 e. The van der Waals surface area contributed by atoms with E-state index in [2.05, 4.69) is 9.47 Å². The molecule has 0 fully saturated rings. The van der Waals surface area contributed by atoms with Crippen molar-refractivity contribution in [3.05, 3.63) is 36.5 Å². The van der Waals surface area contributed by atoms with Gasteiger partial charge in [-0.2, -0.15) is 0 Å². The second-order valence-corrected chi connectivity index (χ2v) is 2.90. The Morgan fingerprint density at radius 3 is 1.50 bits per heavy atom. The lowest BCUT2D eigenvalue weighted by molar-refractivity contribution is -0.139. The smallest absolute Gasteiger partial charge is 0.331 e. The molecule has 6 heteroatoms. The Kier molecular flexibility index (Phi) is 10.3. The molecule has 0 radical (unpaired) electrons. The van der Waals surface area contributed by atoms with Gasteiger partial charge in [-0.25, -0.2) is 9.59 Å². The molecular weight excluding hydrogens is 240 g/mol. The highest BCUT2D eigenvalue weighted by Crippen LogP contribution is 1.87. The third-order valence-electron chi connectivity index (χ3n) is 1.54. The maximum Gasteiger partial charge on any atom is 0.331 e. The summed E-state index contributed by atoms with van der Waals surface area (Å²) in [6.45, 7) is -0.196. The summed E-state index contributed by atoms with van der Waals surface area (Å²) in [4.78, 5) is 22.1. The molecule has 18 heavy (non-hydrogen) atoms. The van der Waals surface area contributed by atoms with Gasteiger partial charge >= 0.3 is 11.9 Å². The quantitative estimate of drug-likeness (QED) is 0.352. The maximum atomic E-state index is 11.0. The SMILES string of the molecule is O=C(/C=C/C(=O)OC/C=C/CO)OC/C=C/CO. The van der Waals surface area contributed by atoms with E-state index in [1.807, 2.05) is 0 Å². The van der Waals surface area contributed by atoms with Gasteiger partial charge in [-0.3, -0.25) is 0 Å². The molecule has 2 N–H and O–H groups in total. The highest BCUT2D eigenvalue weighted by Gasteiger charge is 1.98. The van der Waals surface area contributed by atoms with Crippen LogP contribution in [0.1, 0.15) is 0 Å². The molecule has 0 aliphatic carbocycles. The monoisotopic (exact) mass is 256 g/mol. The Balaban J connectivity index is 3.77. The lowest BCUT2D eigenvalue weighted by Crippen LogP contribution is -2.04. The molecule has 0 amide bonds. The first kappa shape index (κ1) is 16.1. The van der Waals surface area contributed by atoms with Gasteiger partial charge in [-0.05, 0) is 12.2 Å². The lowest BCUT2D eigenvalue weighted by Gasteiger charge is -1.97. The normalized spacial score (nSPS) is 11.4. The summed E-state index contributed by atoms with van der Waals surface area (Å²) >= 11 is 0. The van der Waals surface area contributed by atoms with E-state index >= 15 is 0 Å². The average Bonchev–Trinajstić information content (AvgIpc) is 2.37. The van der Waals surface area contributed by atoms with E-state index in [9.17, 15) is 9.59 Å². The second-order valence-electron chi connectivity index (χ2n) is 2.90. The molecule has 6 nitrogen and oxygen atoms in total. The first-order valence-electron chi connectivity index (χ1n) is 5.24. The number of ether oxygens (including phenoxy) is 2. The van der Waals surface area contributed by atoms with Crippen molar-refractivity contribution in [1.82, 2.24) is 0 Å². The number of aliphatic hydroxyl groups excluding tert-OH is 2. The van der Waals surface area contributed by atoms with Crippen LogP contribution in [0.15, 0.2) is 36.5 Å². The predicted molar refractivity (Wildman–Crippen MR) is 63.5 cm³/mol. The Labute approximate surface area is 105 Å². The van der Waals surface area contributed by atoms with Crippen LogP contribution in [0.3, 0.4) is 0 Å². The molecule has 0 saturated heterocycles. The van der Waals surface area contributed by atoms with E-state index in [0.717, 1.165) is 12.2 Å². The molecule has 0 aliphatic rings. The van der Waals surface area contributed by atoms with Crippen LogP contribution in [0.4, 0.5) is 0 Å². The van der Waals surface area contributed by atoms with Gasteiger partial charge in [-0.15, -0.1) is 0 Å². The lowest BCUT2D eigenvalue weighted by atomic mass is 10.5. The van der Waals surface area contributed by atoms with E-state index in [4.69, 9.17) is 10.2 Å². The zero-order chi connectivity index (χ0) is 13.6. The van der Waals surface area contributed by atoms with Gasteiger partial charge in [0.15, 0.2) is 0 Å². The van der Waals surface area contributed by atoms with Gasteiger partial charge in [0.1, 0.15) is 13.2 Å². The van der Waals surface area contributed by atoms with Crippen molar-refractivity contribution in [2.75, 3.05) is 26.4 Å². The van der Waals surface area contributed by atoms with Crippen molar-refractivity contribution >= 4 is 11.9 Å². The molecule has 0 bridgehead atoms. The minimum absolute atomic E-state index is 0.0258. The summed E-state index contributed by atoms with van der Waals surface area (Å²) in [5, 5.41) is 16.8. The van der Waals surface area contributed by atoms with E-state index in [1.54, 1.807) is 0 Å². The number of carbonyl (C=O) groups is 2. The molecule has 0 heterocycles. The molecule has 0 unspecified atom stereocenters. The Hall–Kier alpha value is -1.92. The van der Waals surface area contributed by atoms with Crippen molar-refractivity contribution < 1.29 is 29.3 Å². The summed E-state index contributed by atoms with van der Waals surface area (Å²) < 4.78 is 9.32. The number of hydrogen-bond donors (Lipinski definition) is 2. The standard InChI is InChI=1S/C12H16O6/c13-7-1-3-9-17-11(15)5-6-12(16)18-10-4-2-8-14/h1-6,13-14H,7-10H2/b3-1+,4-2+,6-5+. The number of carbonyl (C=O) groups excluding carboxylic acids is 2. The van der Waals surface area contributed by atoms with Gasteiger partial charge in [0, 0.05) is 12.2 Å². The molecular formula is C12H16O6. The average molecular weight is 256 g/mol. The van der Waals surface area contributed by atoms with E-state index < -0.39 is 11.9 Å². The molecule has 0 atom stereocenters. The maximum absolute atomic E-state index is 11.0. The second kappa shape index (κ2) is 11.6. The topological polar surface area (TPSA) is 93.1 Å². The third kappa shape index (κ3) is 10.6. The molecule has 0 aromatic rings. The summed E-state index contributed by atoms with van der Waals surface area (Å²) in [6.07, 6.45) is 7.71. The third-order valence-corrected chi connectivity index (χ3v) is 1.54. The highest BCUT2D eigenvalue weighted by atomic mass is 16.5. The Bertz CT molecular complexity index is 297. The summed E-state index contributed by atoms with van der Waals surface area (Å²) in [6, 6.07) is 0. The van der Waals surface area contributed by atoms with Crippen molar-refractivity contribution in [1.29, 1.82) is 0 Å². The van der Waals surface area contributed by atoms with Crippen LogP contribution in [0.2, 0.25) is 0 Å². The van der Waals surface area contributed by atoms with Crippen LogP contribution in [-0.4, -0.2) is 48.6 Å². The minimum Gasteiger partial charge on any atom is -0.458 e. The first-order valence-corrected chi connectivity index (χ1v) is 5.24. The van der Waals surface area contributed by atoms with Crippen LogP contribution in [0.25, 0.3) is 0 Å². The van der Waals surface area contributed by atoms with Gasteiger partial charge in [0.25, 0.3) is 0 Å². The van der Waals surface area contributed by atoms with Crippen LogP contribution < -0.4 is 0 Å². The molecule has 0 aromatic carbocycles. The molecule has 0 aliphatic heterocycles. The Morgan fingerprint density at radius 2 is 1.17 bits per heavy atom. The zero-order valence-corrected chi connectivity index (χ0v) is 9.82. The molecule has 100 valence electrons. The number of rotatable bonds is 8. The van der Waals surface area contributed by atoms with Gasteiger partial charge < -0.3 is 19.7 Å². The molecule has 0 saturated carbocycles. The summed E-state index contributed by atoms with van der Waals surface area (Å²) in [5.41, 5.74) is 0. The van der Waals surface area contributed by atoms with Gasteiger partial charge in [0.05, 0.1) is 13.2 Å². The molecule has 0 aromatic heterocycles. The number of aliphatic hydroxyl groups is 2. The fourth-order valence-electron chi connectivity index (χ4n) is 0.778. The van der Waals surface area contributed by atoms with E-state index in [-0.39, 0.29) is 26.4 Å². The Morgan fingerprint density at radius 1 is 0.778 bits per heavy atom. The van der Waals surface area contributed by atoms with Crippen molar-refractivity contribution in [3.8, 4) is 0 Å². The van der Waals surface area contributed by atoms with E-state index in [1.165, 1.54) is 24.3 Å². The fraction of sp³-hybridized carbons (Fsp3) is 0.333. The van der Waals surface area contributed by atoms with Crippen molar-refractivity contribution in [3.63, 3.8) is 0 Å². The number of esters is 2. The van der Waals surface area contributed by atoms with Crippen LogP contribution in [0, 0.1) is 0 Å². The zero-order valence-electron chi connectivity index (χ0n) is 9.82. The summed E-state index contributed by atoms with van der Waals surface area (Å²) in [5.74, 6) is -1.36. The summed E-state index contributed by atoms with van der Waals surface area (Å²) in [7, 11) is 0. The van der Waals surface area contributed by atoms with Gasteiger partial charge in [-0.1, -0.05) is 12.2 Å². The van der Waals surface area contributed by atoms with Gasteiger partial charge in [0.2, 0.25) is 0 Å². The molecule has 0 rings (SSSR count). The van der Waals surface area contributed by atoms with Crippen molar-refractivity contribution in [2.24, 2.45) is 0 Å². The molecule has 0 spiro atoms. The first-order chi connectivity index (χ1) is 8.70. The number of hydrogen-bond acceptors (Lipinski definition) is 6. The van der Waals surface area contributed by atoms with Crippen LogP contribution in [-0.2, 0) is 19.1 Å². The predicted octanol–water partition coefficient (Wildman–Crippen LogP) is -0.274.